The molecule has 33 heavy (non-hydrogen) atoms. The molecule has 2 aromatic carbocycles. The highest BCUT2D eigenvalue weighted by atomic mass is 32.2. The highest BCUT2D eigenvalue weighted by Crippen LogP contribution is 2.32. The molecule has 0 saturated heterocycles. The first-order valence-electron chi connectivity index (χ1n) is 9.52. The molecule has 0 atom stereocenters. The van der Waals surface area contributed by atoms with E-state index in [2.05, 4.69) is 24.9 Å². The zero-order valence-corrected chi connectivity index (χ0v) is 19.4. The van der Waals surface area contributed by atoms with Crippen molar-refractivity contribution in [1.82, 2.24) is 10.1 Å². The average molecular weight is 472 g/mol. The van der Waals surface area contributed by atoms with E-state index in [1.165, 1.54) is 33.5 Å². The summed E-state index contributed by atoms with van der Waals surface area (Å²) in [6, 6.07) is 9.53. The molecule has 0 aliphatic carbocycles. The number of carbonyl (C=O) groups excluding carboxylic acids is 1. The Morgan fingerprint density at radius 2 is 1.76 bits per heavy atom. The second kappa shape index (κ2) is 10.7. The molecule has 0 aliphatic heterocycles. The van der Waals surface area contributed by atoms with E-state index in [1.54, 1.807) is 37.4 Å². The number of aryl methyl sites for hydroxylation is 1. The van der Waals surface area contributed by atoms with Crippen LogP contribution in [0.5, 0.6) is 11.5 Å². The summed E-state index contributed by atoms with van der Waals surface area (Å²) in [5.41, 5.74) is 1.39. The van der Waals surface area contributed by atoms with Crippen LogP contribution < -0.4 is 9.47 Å². The van der Waals surface area contributed by atoms with Gasteiger partial charge in [0.1, 0.15) is 16.6 Å². The van der Waals surface area contributed by atoms with Gasteiger partial charge in [0.2, 0.25) is 11.7 Å². The molecule has 0 aliphatic rings. The number of rotatable bonds is 6. The maximum atomic E-state index is 15.1. The Kier molecular flexibility index (Phi) is 7.78. The van der Waals surface area contributed by atoms with Crippen LogP contribution in [0.15, 0.2) is 50.9 Å². The minimum Gasteiger partial charge on any atom is -0.493 e. The number of aliphatic imine (C=N–C) groups is 2. The largest absolute Gasteiger partial charge is 0.493 e. The Hall–Kier alpha value is -3.73. The predicted octanol–water partition coefficient (Wildman–Crippen LogP) is 4.85. The van der Waals surface area contributed by atoms with Gasteiger partial charge in [0.25, 0.3) is 0 Å². The molecule has 0 spiro atoms. The second-order valence-electron chi connectivity index (χ2n) is 6.42. The van der Waals surface area contributed by atoms with E-state index in [4.69, 9.17) is 14.0 Å². The van der Waals surface area contributed by atoms with Gasteiger partial charge in [-0.2, -0.15) is 9.98 Å². The number of hydrogen-bond acceptors (Lipinski definition) is 9. The van der Waals surface area contributed by atoms with Crippen molar-refractivity contribution in [2.24, 2.45) is 9.98 Å². The molecule has 0 fully saturated rings. The van der Waals surface area contributed by atoms with Crippen LogP contribution >= 0.6 is 11.8 Å². The normalized spacial score (nSPS) is 11.9. The molecule has 1 aromatic heterocycles. The summed E-state index contributed by atoms with van der Waals surface area (Å²) in [4.78, 5) is 24.5. The summed E-state index contributed by atoms with van der Waals surface area (Å²) in [6.07, 6.45) is 0.855. The molecule has 0 N–H and O–H groups in total. The first-order valence-corrected chi connectivity index (χ1v) is 10.7. The lowest BCUT2D eigenvalue weighted by atomic mass is 10.1. The quantitative estimate of drug-likeness (QED) is 0.370. The van der Waals surface area contributed by atoms with Gasteiger partial charge in [-0.25, -0.2) is 14.2 Å². The molecule has 9 nitrogen and oxygen atoms in total. The Labute approximate surface area is 193 Å². The Morgan fingerprint density at radius 3 is 2.30 bits per heavy atom. The van der Waals surface area contributed by atoms with E-state index in [0.29, 0.717) is 23.2 Å². The topological polar surface area (TPSA) is 108 Å². The SMILES string of the molecule is COC(=O)/N=C(SC)/C(=N\c1ccc(-c2noc(C)n2)cc1)c1cc(OC)c(OC)cc1F. The maximum Gasteiger partial charge on any atom is 0.434 e. The number of thioether (sulfide) groups is 1. The zero-order valence-electron chi connectivity index (χ0n) is 18.6. The zero-order chi connectivity index (χ0) is 24.0. The van der Waals surface area contributed by atoms with Gasteiger partial charge in [-0.15, -0.1) is 11.8 Å². The van der Waals surface area contributed by atoms with Crippen LogP contribution in [-0.2, 0) is 4.74 Å². The van der Waals surface area contributed by atoms with Gasteiger partial charge in [0, 0.05) is 24.1 Å². The first-order chi connectivity index (χ1) is 15.9. The number of amides is 1. The van der Waals surface area contributed by atoms with Crippen molar-refractivity contribution in [3.8, 4) is 22.9 Å². The van der Waals surface area contributed by atoms with E-state index in [0.717, 1.165) is 17.3 Å². The third-order valence-electron chi connectivity index (χ3n) is 4.39. The molecule has 1 amide bonds. The molecule has 1 heterocycles. The van der Waals surface area contributed by atoms with E-state index in [1.807, 2.05) is 0 Å². The number of hydrogen-bond donors (Lipinski definition) is 0. The lowest BCUT2D eigenvalue weighted by molar-refractivity contribution is 0.183. The maximum absolute atomic E-state index is 15.1. The summed E-state index contributed by atoms with van der Waals surface area (Å²) in [5, 5.41) is 4.04. The Bertz CT molecular complexity index is 1210. The van der Waals surface area contributed by atoms with Crippen molar-refractivity contribution in [3.63, 3.8) is 0 Å². The number of methoxy groups -OCH3 is 3. The Balaban J connectivity index is 2.14. The molecule has 3 rings (SSSR count). The van der Waals surface area contributed by atoms with Gasteiger partial charge in [-0.05, 0) is 36.6 Å². The van der Waals surface area contributed by atoms with Crippen molar-refractivity contribution >= 4 is 34.3 Å². The van der Waals surface area contributed by atoms with Crippen LogP contribution in [0.4, 0.5) is 14.9 Å². The highest BCUT2D eigenvalue weighted by molar-refractivity contribution is 8.15. The van der Waals surface area contributed by atoms with Gasteiger partial charge in [0.05, 0.1) is 27.0 Å². The van der Waals surface area contributed by atoms with Crippen LogP contribution in [0.3, 0.4) is 0 Å². The lowest BCUT2D eigenvalue weighted by Crippen LogP contribution is -2.16. The number of nitrogens with zero attached hydrogens (tertiary/aromatic N) is 4. The van der Waals surface area contributed by atoms with E-state index in [9.17, 15) is 4.79 Å². The number of ether oxygens (including phenoxy) is 3. The monoisotopic (exact) mass is 472 g/mol. The fraction of sp³-hybridized carbons (Fsp3) is 0.227. The summed E-state index contributed by atoms with van der Waals surface area (Å²) in [5.74, 6) is 0.765. The predicted molar refractivity (Wildman–Crippen MR) is 124 cm³/mol. The number of benzene rings is 2. The molecule has 11 heteroatoms. The molecular formula is C22H21FN4O5S. The van der Waals surface area contributed by atoms with E-state index < -0.39 is 11.9 Å². The highest BCUT2D eigenvalue weighted by Gasteiger charge is 2.21. The molecule has 0 saturated carbocycles. The number of halogens is 1. The summed E-state index contributed by atoms with van der Waals surface area (Å²) in [7, 11) is 4.05. The minimum absolute atomic E-state index is 0.0718. The van der Waals surface area contributed by atoms with Gasteiger partial charge in [0.15, 0.2) is 11.5 Å². The Morgan fingerprint density at radius 1 is 1.09 bits per heavy atom. The fourth-order valence-electron chi connectivity index (χ4n) is 2.81. The van der Waals surface area contributed by atoms with Crippen molar-refractivity contribution < 1.29 is 27.9 Å². The standard InChI is InChI=1S/C22H21FN4O5S/c1-12-24-20(27-32-12)13-6-8-14(9-7-13)25-19(21(33-5)26-22(28)31-4)15-10-17(29-2)18(30-3)11-16(15)23/h6-11H,1-5H3/b25-19-,26-21-. The van der Waals surface area contributed by atoms with Crippen LogP contribution in [0.2, 0.25) is 0 Å². The van der Waals surface area contributed by atoms with Gasteiger partial charge < -0.3 is 18.7 Å². The number of aromatic nitrogens is 2. The first kappa shape index (κ1) is 23.9. The molecule has 0 unspecified atom stereocenters. The van der Waals surface area contributed by atoms with Gasteiger partial charge in [-0.1, -0.05) is 5.16 Å². The average Bonchev–Trinajstić information content (AvgIpc) is 3.27. The molecule has 0 bridgehead atoms. The molecule has 3 aromatic rings. The summed E-state index contributed by atoms with van der Waals surface area (Å²) < 4.78 is 35.2. The number of carbonyl (C=O) groups is 1. The smallest absolute Gasteiger partial charge is 0.434 e. The third-order valence-corrected chi connectivity index (χ3v) is 5.06. The fourth-order valence-corrected chi connectivity index (χ4v) is 3.33. The van der Waals surface area contributed by atoms with Crippen LogP contribution in [0.1, 0.15) is 11.5 Å². The van der Waals surface area contributed by atoms with Gasteiger partial charge in [-0.3, -0.25) is 0 Å². The summed E-state index contributed by atoms with van der Waals surface area (Å²) >= 11 is 1.12. The van der Waals surface area contributed by atoms with Crippen LogP contribution in [0.25, 0.3) is 11.4 Å². The van der Waals surface area contributed by atoms with Crippen LogP contribution in [0, 0.1) is 12.7 Å². The van der Waals surface area contributed by atoms with Crippen molar-refractivity contribution in [2.75, 3.05) is 27.6 Å². The van der Waals surface area contributed by atoms with E-state index >= 15 is 4.39 Å². The third kappa shape index (κ3) is 5.55. The molecule has 0 radical (unpaired) electrons. The van der Waals surface area contributed by atoms with Crippen LogP contribution in [-0.4, -0.2) is 54.6 Å². The second-order valence-corrected chi connectivity index (χ2v) is 7.22. The summed E-state index contributed by atoms with van der Waals surface area (Å²) in [6.45, 7) is 1.70. The van der Waals surface area contributed by atoms with Gasteiger partial charge >= 0.3 is 6.09 Å². The van der Waals surface area contributed by atoms with Crippen molar-refractivity contribution in [1.29, 1.82) is 0 Å². The van der Waals surface area contributed by atoms with Crippen molar-refractivity contribution in [3.05, 3.63) is 53.7 Å². The van der Waals surface area contributed by atoms with E-state index in [-0.39, 0.29) is 22.1 Å². The molecular weight excluding hydrogens is 451 g/mol. The van der Waals surface area contributed by atoms with Crippen molar-refractivity contribution in [2.45, 2.75) is 6.92 Å². The molecule has 172 valence electrons. The lowest BCUT2D eigenvalue weighted by Gasteiger charge is -2.13. The minimum atomic E-state index is -0.837.